The molecule has 0 aliphatic carbocycles. The molecule has 0 fully saturated rings. The van der Waals surface area contributed by atoms with Crippen LogP contribution in [0, 0.1) is 10.5 Å². The van der Waals surface area contributed by atoms with Crippen LogP contribution >= 0.6 is 22.6 Å². The zero-order valence-electron chi connectivity index (χ0n) is 8.33. The van der Waals surface area contributed by atoms with Gasteiger partial charge in [0.05, 0.1) is 6.61 Å². The Bertz CT molecular complexity index is 311. The second-order valence-corrected chi connectivity index (χ2v) is 4.22. The Morgan fingerprint density at radius 3 is 2.67 bits per heavy atom. The minimum atomic E-state index is -0.412. The van der Waals surface area contributed by atoms with E-state index in [4.69, 9.17) is 4.74 Å². The SMILES string of the molecule is [CH2]CCCOC(=O)Nc1ccc(I)cc1. The predicted octanol–water partition coefficient (Wildman–Crippen LogP) is 3.45. The molecule has 1 radical (unpaired) electrons. The molecule has 1 rings (SSSR count). The lowest BCUT2D eigenvalue weighted by Crippen LogP contribution is -2.14. The largest absolute Gasteiger partial charge is 0.449 e. The first-order valence-corrected chi connectivity index (χ1v) is 5.79. The minimum Gasteiger partial charge on any atom is -0.449 e. The Morgan fingerprint density at radius 2 is 2.07 bits per heavy atom. The van der Waals surface area contributed by atoms with Crippen LogP contribution in [0.5, 0.6) is 0 Å². The summed E-state index contributed by atoms with van der Waals surface area (Å²) in [6.07, 6.45) is 1.15. The van der Waals surface area contributed by atoms with Crippen molar-refractivity contribution in [2.45, 2.75) is 12.8 Å². The maximum Gasteiger partial charge on any atom is 0.411 e. The Balaban J connectivity index is 2.34. The third-order valence-electron chi connectivity index (χ3n) is 1.72. The highest BCUT2D eigenvalue weighted by Gasteiger charge is 2.01. The Labute approximate surface area is 103 Å². The maximum atomic E-state index is 11.2. The van der Waals surface area contributed by atoms with E-state index in [0.29, 0.717) is 6.61 Å². The normalized spacial score (nSPS) is 9.73. The van der Waals surface area contributed by atoms with Gasteiger partial charge in [-0.05, 0) is 53.3 Å². The van der Waals surface area contributed by atoms with Crippen molar-refractivity contribution in [2.24, 2.45) is 0 Å². The summed E-state index contributed by atoms with van der Waals surface area (Å²) in [5, 5.41) is 2.64. The van der Waals surface area contributed by atoms with Crippen molar-refractivity contribution in [3.8, 4) is 0 Å². The number of nitrogens with one attached hydrogen (secondary N) is 1. The van der Waals surface area contributed by atoms with Crippen molar-refractivity contribution < 1.29 is 9.53 Å². The monoisotopic (exact) mass is 318 g/mol. The van der Waals surface area contributed by atoms with Crippen LogP contribution in [0.4, 0.5) is 10.5 Å². The van der Waals surface area contributed by atoms with Crippen LogP contribution in [0.3, 0.4) is 0 Å². The molecule has 0 saturated carbocycles. The molecular weight excluding hydrogens is 305 g/mol. The number of anilines is 1. The van der Waals surface area contributed by atoms with E-state index in [1.165, 1.54) is 0 Å². The topological polar surface area (TPSA) is 38.3 Å². The van der Waals surface area contributed by atoms with Crippen LogP contribution in [0.1, 0.15) is 12.8 Å². The fourth-order valence-corrected chi connectivity index (χ4v) is 1.31. The van der Waals surface area contributed by atoms with Crippen molar-refractivity contribution in [3.63, 3.8) is 0 Å². The van der Waals surface area contributed by atoms with E-state index >= 15 is 0 Å². The molecule has 0 atom stereocenters. The maximum absolute atomic E-state index is 11.2. The molecule has 0 aliphatic rings. The highest BCUT2D eigenvalue weighted by molar-refractivity contribution is 14.1. The lowest BCUT2D eigenvalue weighted by atomic mass is 10.3. The average Bonchev–Trinajstić information content (AvgIpc) is 2.22. The van der Waals surface area contributed by atoms with Crippen LogP contribution in [-0.2, 0) is 4.74 Å². The van der Waals surface area contributed by atoms with E-state index < -0.39 is 6.09 Å². The second-order valence-electron chi connectivity index (χ2n) is 2.97. The number of carbonyl (C=O) groups excluding carboxylic acids is 1. The number of unbranched alkanes of at least 4 members (excludes halogenated alkanes) is 1. The summed E-state index contributed by atoms with van der Waals surface area (Å²) in [4.78, 5) is 11.2. The number of carbonyl (C=O) groups is 1. The van der Waals surface area contributed by atoms with Gasteiger partial charge in [-0.1, -0.05) is 13.3 Å². The highest BCUT2D eigenvalue weighted by Crippen LogP contribution is 2.11. The molecular formula is C11H13INO2. The molecule has 1 N–H and O–H groups in total. The van der Waals surface area contributed by atoms with Gasteiger partial charge in [0.1, 0.15) is 0 Å². The number of rotatable bonds is 4. The molecule has 1 amide bonds. The fraction of sp³-hybridized carbons (Fsp3) is 0.273. The van der Waals surface area contributed by atoms with Gasteiger partial charge in [-0.3, -0.25) is 5.32 Å². The molecule has 0 aromatic heterocycles. The summed E-state index contributed by atoms with van der Waals surface area (Å²) < 4.78 is 6.05. The predicted molar refractivity (Wildman–Crippen MR) is 68.7 cm³/mol. The van der Waals surface area contributed by atoms with Crippen molar-refractivity contribution in [1.82, 2.24) is 0 Å². The standard InChI is InChI=1S/C11H13INO2/c1-2-3-8-15-11(14)13-10-6-4-9(12)5-7-10/h4-7H,1-3,8H2,(H,13,14). The molecule has 1 aromatic rings. The van der Waals surface area contributed by atoms with Gasteiger partial charge < -0.3 is 4.74 Å². The molecule has 0 bridgehead atoms. The average molecular weight is 318 g/mol. The van der Waals surface area contributed by atoms with Crippen molar-refractivity contribution >= 4 is 34.4 Å². The van der Waals surface area contributed by atoms with Gasteiger partial charge in [0.2, 0.25) is 0 Å². The quantitative estimate of drug-likeness (QED) is 0.682. The summed E-state index contributed by atoms with van der Waals surface area (Å²) in [6.45, 7) is 4.08. The lowest BCUT2D eigenvalue weighted by Gasteiger charge is -2.06. The molecule has 1 aromatic carbocycles. The van der Waals surface area contributed by atoms with Crippen LogP contribution < -0.4 is 5.32 Å². The number of ether oxygens (including phenoxy) is 1. The van der Waals surface area contributed by atoms with E-state index in [1.54, 1.807) is 0 Å². The van der Waals surface area contributed by atoms with Crippen molar-refractivity contribution in [2.75, 3.05) is 11.9 Å². The first-order valence-electron chi connectivity index (χ1n) is 4.71. The molecule has 0 aliphatic heterocycles. The van der Waals surface area contributed by atoms with Crippen LogP contribution in [0.15, 0.2) is 24.3 Å². The zero-order valence-corrected chi connectivity index (χ0v) is 10.5. The molecule has 0 unspecified atom stereocenters. The molecule has 0 heterocycles. The number of amides is 1. The summed E-state index contributed by atoms with van der Waals surface area (Å²) in [6, 6.07) is 7.52. The summed E-state index contributed by atoms with van der Waals surface area (Å²) in [5.41, 5.74) is 0.745. The molecule has 4 heteroatoms. The first kappa shape index (κ1) is 12.3. The Morgan fingerprint density at radius 1 is 1.40 bits per heavy atom. The van der Waals surface area contributed by atoms with Gasteiger partial charge in [0.15, 0.2) is 0 Å². The third-order valence-corrected chi connectivity index (χ3v) is 2.44. The van der Waals surface area contributed by atoms with E-state index in [2.05, 4.69) is 34.8 Å². The van der Waals surface area contributed by atoms with Crippen LogP contribution in [0.25, 0.3) is 0 Å². The van der Waals surface area contributed by atoms with Crippen LogP contribution in [-0.4, -0.2) is 12.7 Å². The van der Waals surface area contributed by atoms with Gasteiger partial charge in [0.25, 0.3) is 0 Å². The summed E-state index contributed by atoms with van der Waals surface area (Å²) in [7, 11) is 0. The highest BCUT2D eigenvalue weighted by atomic mass is 127. The summed E-state index contributed by atoms with van der Waals surface area (Å²) >= 11 is 2.21. The molecule has 3 nitrogen and oxygen atoms in total. The van der Waals surface area contributed by atoms with Gasteiger partial charge in [-0.25, -0.2) is 4.79 Å². The molecule has 81 valence electrons. The number of benzene rings is 1. The third kappa shape index (κ3) is 5.01. The minimum absolute atomic E-state index is 0.412. The van der Waals surface area contributed by atoms with Gasteiger partial charge in [-0.15, -0.1) is 0 Å². The Kier molecular flexibility index (Phi) is 5.45. The van der Waals surface area contributed by atoms with Gasteiger partial charge in [-0.2, -0.15) is 0 Å². The van der Waals surface area contributed by atoms with E-state index in [9.17, 15) is 4.79 Å². The lowest BCUT2D eigenvalue weighted by molar-refractivity contribution is 0.160. The Hall–Kier alpha value is -0.780. The smallest absolute Gasteiger partial charge is 0.411 e. The molecule has 0 spiro atoms. The number of halogens is 1. The number of hydrogen-bond donors (Lipinski definition) is 1. The first-order chi connectivity index (χ1) is 7.22. The van der Waals surface area contributed by atoms with Gasteiger partial charge >= 0.3 is 6.09 Å². The van der Waals surface area contributed by atoms with Crippen molar-refractivity contribution in [3.05, 3.63) is 34.8 Å². The van der Waals surface area contributed by atoms with Crippen LogP contribution in [0.2, 0.25) is 0 Å². The van der Waals surface area contributed by atoms with Crippen molar-refractivity contribution in [1.29, 1.82) is 0 Å². The number of hydrogen-bond acceptors (Lipinski definition) is 2. The molecule has 0 saturated heterocycles. The summed E-state index contributed by atoms with van der Waals surface area (Å²) in [5.74, 6) is 0. The molecule has 15 heavy (non-hydrogen) atoms. The van der Waals surface area contributed by atoms with Gasteiger partial charge in [0, 0.05) is 9.26 Å². The van der Waals surface area contributed by atoms with E-state index in [0.717, 1.165) is 22.1 Å². The second kappa shape index (κ2) is 6.66. The zero-order chi connectivity index (χ0) is 11.1. The van der Waals surface area contributed by atoms with E-state index in [1.807, 2.05) is 24.3 Å². The fourth-order valence-electron chi connectivity index (χ4n) is 0.954. The van der Waals surface area contributed by atoms with E-state index in [-0.39, 0.29) is 0 Å².